The molecule has 8 N–H and O–H groups in total. The molecule has 0 amide bonds. The molecule has 0 aromatic heterocycles. The molecule has 10 atom stereocenters. The van der Waals surface area contributed by atoms with Gasteiger partial charge in [-0.15, -0.1) is 0 Å². The van der Waals surface area contributed by atoms with Gasteiger partial charge in [-0.2, -0.15) is 0 Å². The summed E-state index contributed by atoms with van der Waals surface area (Å²) in [6.45, 7) is 2.01. The number of ketones is 3. The Kier molecular flexibility index (Phi) is 9.02. The molecule has 2 aliphatic carbocycles. The third-order valence-electron chi connectivity index (χ3n) is 9.77. The highest BCUT2D eigenvalue weighted by atomic mass is 16.7. The summed E-state index contributed by atoms with van der Waals surface area (Å²) >= 11 is 0. The minimum Gasteiger partial charge on any atom is -0.507 e. The van der Waals surface area contributed by atoms with Crippen LogP contribution in [-0.4, -0.2) is 116 Å². The Hall–Kier alpha value is -3.31. The van der Waals surface area contributed by atoms with E-state index >= 15 is 0 Å². The molecule has 2 fully saturated rings. The molecule has 3 unspecified atom stereocenters. The number of Topliss-reactive ketones (excluding diaryl/α,β-unsaturated/α-hetero) is 1. The maximum Gasteiger partial charge on any atom is 0.198 e. The van der Waals surface area contributed by atoms with Crippen molar-refractivity contribution in [2.75, 3.05) is 13.2 Å². The lowest BCUT2D eigenvalue weighted by molar-refractivity contribution is -0.304. The average molecular weight is 658 g/mol. The molecule has 254 valence electrons. The smallest absolute Gasteiger partial charge is 0.198 e. The first-order valence-electron chi connectivity index (χ1n) is 15.6. The fourth-order valence-corrected chi connectivity index (χ4v) is 7.28. The maximum absolute atomic E-state index is 13.5. The highest BCUT2D eigenvalue weighted by Gasteiger charge is 2.49. The summed E-state index contributed by atoms with van der Waals surface area (Å²) in [6.07, 6.45) is -6.57. The Morgan fingerprint density at radius 1 is 0.979 bits per heavy atom. The number of phenols is 2. The van der Waals surface area contributed by atoms with Gasteiger partial charge in [-0.05, 0) is 20.3 Å². The van der Waals surface area contributed by atoms with E-state index in [2.05, 4.69) is 0 Å². The third kappa shape index (κ3) is 5.77. The molecule has 0 saturated carbocycles. The molecule has 0 spiro atoms. The van der Waals surface area contributed by atoms with Crippen molar-refractivity contribution in [3.05, 3.63) is 57.6 Å². The van der Waals surface area contributed by atoms with E-state index in [0.29, 0.717) is 0 Å². The van der Waals surface area contributed by atoms with E-state index in [0.717, 1.165) is 0 Å². The molecule has 2 aromatic carbocycles. The number of nitrogens with two attached hydrogens (primary N) is 1. The number of hydrogen-bond acceptors (Lipinski definition) is 14. The van der Waals surface area contributed by atoms with E-state index in [-0.39, 0.29) is 48.1 Å². The molecule has 0 radical (unpaired) electrons. The summed E-state index contributed by atoms with van der Waals surface area (Å²) in [5, 5.41) is 65.0. The number of rotatable bonds is 7. The topological polar surface area (TPSA) is 236 Å². The van der Waals surface area contributed by atoms with Gasteiger partial charge in [0.2, 0.25) is 0 Å². The van der Waals surface area contributed by atoms with Gasteiger partial charge in [0.25, 0.3) is 0 Å². The van der Waals surface area contributed by atoms with Crippen LogP contribution in [0.5, 0.6) is 11.5 Å². The molecule has 2 aromatic rings. The summed E-state index contributed by atoms with van der Waals surface area (Å²) in [5.41, 5.74) is 2.96. The predicted octanol–water partition coefficient (Wildman–Crippen LogP) is -0.0838. The zero-order valence-corrected chi connectivity index (χ0v) is 25.9. The molecule has 6 rings (SSSR count). The summed E-state index contributed by atoms with van der Waals surface area (Å²) in [6, 6.07) is 5.42. The standard InChI is InChI=1S/C33H39NO13/c1-13-27(38)19(34)7-23(45-13)47-32-14(2)46-22(8-20(32)36)44-12-15-9-33(43,21(37)11-35)10-18-24(15)31(42)26-25(30(18)41)28(39)16-5-3-4-6-17(16)29(26)40/h3-6,13-15,19-20,22-23,27,32,35-36,38,41-43H,7-12,34H2,1-2H3/t13-,14-,15+,19-,20-,22?,23?,27-,32?,33+/m0/s1. The number of aliphatic hydroxyl groups is 4. The molecule has 2 saturated heterocycles. The molecule has 2 aliphatic heterocycles. The summed E-state index contributed by atoms with van der Waals surface area (Å²) < 4.78 is 23.6. The first-order chi connectivity index (χ1) is 22.2. The first kappa shape index (κ1) is 33.6. The molecular formula is C33H39NO13. The van der Waals surface area contributed by atoms with Crippen LogP contribution < -0.4 is 5.73 Å². The van der Waals surface area contributed by atoms with Crippen molar-refractivity contribution in [1.82, 2.24) is 0 Å². The minimum atomic E-state index is -2.20. The quantitative estimate of drug-likeness (QED) is 0.165. The Morgan fingerprint density at radius 2 is 1.60 bits per heavy atom. The number of fused-ring (bicyclic) bond motifs is 3. The van der Waals surface area contributed by atoms with Gasteiger partial charge in [-0.3, -0.25) is 14.4 Å². The minimum absolute atomic E-state index is 0.0184. The van der Waals surface area contributed by atoms with Crippen LogP contribution in [0.15, 0.2) is 24.3 Å². The van der Waals surface area contributed by atoms with Gasteiger partial charge >= 0.3 is 0 Å². The largest absolute Gasteiger partial charge is 0.507 e. The highest BCUT2D eigenvalue weighted by Crippen LogP contribution is 2.51. The number of benzene rings is 2. The van der Waals surface area contributed by atoms with Crippen molar-refractivity contribution >= 4 is 17.3 Å². The van der Waals surface area contributed by atoms with Gasteiger partial charge in [0.05, 0.1) is 42.1 Å². The van der Waals surface area contributed by atoms with Gasteiger partial charge in [0, 0.05) is 53.5 Å². The van der Waals surface area contributed by atoms with E-state index < -0.39 is 114 Å². The number of ether oxygens (including phenoxy) is 4. The van der Waals surface area contributed by atoms with Crippen LogP contribution in [-0.2, 0) is 30.2 Å². The number of hydrogen-bond donors (Lipinski definition) is 7. The predicted molar refractivity (Wildman–Crippen MR) is 160 cm³/mol. The lowest BCUT2D eigenvalue weighted by atomic mass is 9.69. The van der Waals surface area contributed by atoms with Crippen LogP contribution in [0.1, 0.15) is 82.0 Å². The molecule has 2 heterocycles. The first-order valence-corrected chi connectivity index (χ1v) is 15.6. The van der Waals surface area contributed by atoms with Crippen molar-refractivity contribution in [3.8, 4) is 11.5 Å². The third-order valence-corrected chi connectivity index (χ3v) is 9.77. The molecule has 0 bridgehead atoms. The number of phenolic OH excluding ortho intramolecular Hbond substituents is 2. The lowest BCUT2D eigenvalue weighted by Gasteiger charge is -2.43. The second kappa shape index (κ2) is 12.6. The van der Waals surface area contributed by atoms with E-state index in [1.54, 1.807) is 26.0 Å². The summed E-state index contributed by atoms with van der Waals surface area (Å²) in [5.74, 6) is -4.58. The van der Waals surface area contributed by atoms with E-state index in [1.807, 2.05) is 0 Å². The van der Waals surface area contributed by atoms with Gasteiger partial charge < -0.3 is 55.3 Å². The van der Waals surface area contributed by atoms with Crippen LogP contribution in [0.25, 0.3) is 0 Å². The van der Waals surface area contributed by atoms with Crippen molar-refractivity contribution in [1.29, 1.82) is 0 Å². The number of aliphatic hydroxyl groups excluding tert-OH is 3. The molecule has 14 heteroatoms. The van der Waals surface area contributed by atoms with Gasteiger partial charge in [0.1, 0.15) is 29.8 Å². The second-order valence-corrected chi connectivity index (χ2v) is 12.9. The zero-order valence-electron chi connectivity index (χ0n) is 25.9. The number of carbonyl (C=O) groups is 3. The Balaban J connectivity index is 1.26. The van der Waals surface area contributed by atoms with Crippen LogP contribution in [0, 0.1) is 0 Å². The summed E-state index contributed by atoms with van der Waals surface area (Å²) in [7, 11) is 0. The van der Waals surface area contributed by atoms with Gasteiger partial charge in [0.15, 0.2) is 29.9 Å². The highest BCUT2D eigenvalue weighted by molar-refractivity contribution is 6.30. The van der Waals surface area contributed by atoms with Crippen molar-refractivity contribution < 1.29 is 64.0 Å². The fourth-order valence-electron chi connectivity index (χ4n) is 7.28. The van der Waals surface area contributed by atoms with E-state index in [4.69, 9.17) is 24.7 Å². The van der Waals surface area contributed by atoms with Crippen LogP contribution in [0.3, 0.4) is 0 Å². The van der Waals surface area contributed by atoms with Crippen molar-refractivity contribution in [2.45, 2.75) is 100 Å². The van der Waals surface area contributed by atoms with Crippen LogP contribution >= 0.6 is 0 Å². The molecule has 47 heavy (non-hydrogen) atoms. The number of aromatic hydroxyl groups is 2. The monoisotopic (exact) mass is 657 g/mol. The zero-order chi connectivity index (χ0) is 33.9. The van der Waals surface area contributed by atoms with Crippen LogP contribution in [0.2, 0.25) is 0 Å². The van der Waals surface area contributed by atoms with Crippen molar-refractivity contribution in [3.63, 3.8) is 0 Å². The molecular weight excluding hydrogens is 618 g/mol. The number of carbonyl (C=O) groups excluding carboxylic acids is 3. The average Bonchev–Trinajstić information content (AvgIpc) is 3.04. The van der Waals surface area contributed by atoms with Gasteiger partial charge in [-0.25, -0.2) is 0 Å². The van der Waals surface area contributed by atoms with Crippen molar-refractivity contribution in [2.24, 2.45) is 5.73 Å². The maximum atomic E-state index is 13.5. The summed E-state index contributed by atoms with van der Waals surface area (Å²) in [4.78, 5) is 39.7. The fraction of sp³-hybridized carbons (Fsp3) is 0.545. The van der Waals surface area contributed by atoms with Gasteiger partial charge in [-0.1, -0.05) is 24.3 Å². The Morgan fingerprint density at radius 3 is 2.19 bits per heavy atom. The lowest BCUT2D eigenvalue weighted by Crippen LogP contribution is -2.55. The van der Waals surface area contributed by atoms with Crippen LogP contribution in [0.4, 0.5) is 0 Å². The Labute approximate surface area is 269 Å². The SMILES string of the molecule is C[C@@H]1OC(OC[C@H]2C[C@](O)(C(=O)CO)Cc3c(O)c4c(c(O)c32)C(=O)c2ccccc2C4=O)C[C@H](O)C1OC1C[C@H](N)[C@@H](O)[C@H](C)O1. The normalized spacial score (nSPS) is 35.2. The van der Waals surface area contributed by atoms with E-state index in [1.165, 1.54) is 12.1 Å². The Bertz CT molecular complexity index is 1570. The molecule has 14 nitrogen and oxygen atoms in total. The molecule has 4 aliphatic rings. The van der Waals surface area contributed by atoms with E-state index in [9.17, 15) is 45.0 Å². The second-order valence-electron chi connectivity index (χ2n) is 12.9.